The van der Waals surface area contributed by atoms with Gasteiger partial charge in [-0.3, -0.25) is 0 Å². The van der Waals surface area contributed by atoms with Crippen LogP contribution in [-0.2, 0) is 22.8 Å². The molecule has 0 aromatic heterocycles. The van der Waals surface area contributed by atoms with Crippen LogP contribution in [0.4, 0.5) is 5.69 Å². The third-order valence-corrected chi connectivity index (χ3v) is 3.79. The maximum absolute atomic E-state index is 9.29. The largest absolute Gasteiger partial charge is 0.372 e. The number of rotatable bonds is 7. The average molecular weight is 305 g/mol. The van der Waals surface area contributed by atoms with Crippen LogP contribution in [-0.4, -0.2) is 25.1 Å². The lowest BCUT2D eigenvalue weighted by molar-refractivity contribution is 0.328. The average Bonchev–Trinajstić information content (AvgIpc) is 2.28. The molecule has 0 fully saturated rings. The number of likely N-dealkylation sites (N-methyl/N-ethyl adjacent to an activating group) is 1. The number of hydrogen-bond donors (Lipinski definition) is 2. The first-order valence-electron chi connectivity index (χ1n) is 5.93. The second-order valence-corrected chi connectivity index (χ2v) is 9.29. The SMILES string of the molecule is CCCc1ccccc1N(C)CCOP(O)(=S)S. The minimum absolute atomic E-state index is 0.383. The zero-order valence-corrected chi connectivity index (χ0v) is 13.3. The van der Waals surface area contributed by atoms with Crippen molar-refractivity contribution in [2.75, 3.05) is 25.1 Å². The summed E-state index contributed by atoms with van der Waals surface area (Å²) in [5.41, 5.74) is -0.304. The molecule has 1 atom stereocenters. The van der Waals surface area contributed by atoms with E-state index in [1.807, 2.05) is 13.1 Å². The molecule has 0 heterocycles. The Morgan fingerprint density at radius 1 is 1.44 bits per heavy atom. The molecule has 0 radical (unpaired) electrons. The Morgan fingerprint density at radius 3 is 2.72 bits per heavy atom. The van der Waals surface area contributed by atoms with Gasteiger partial charge >= 0.3 is 0 Å². The van der Waals surface area contributed by atoms with Crippen LogP contribution in [0.1, 0.15) is 18.9 Å². The summed E-state index contributed by atoms with van der Waals surface area (Å²) in [6.07, 6.45) is 2.18. The summed E-state index contributed by atoms with van der Waals surface area (Å²) >= 11 is 8.55. The first kappa shape index (κ1) is 16.0. The molecule has 1 rings (SSSR count). The lowest BCUT2D eigenvalue weighted by Gasteiger charge is -2.23. The van der Waals surface area contributed by atoms with Gasteiger partial charge in [-0.15, -0.1) is 0 Å². The predicted octanol–water partition coefficient (Wildman–Crippen LogP) is 3.24. The predicted molar refractivity (Wildman–Crippen MR) is 85.1 cm³/mol. The lowest BCUT2D eigenvalue weighted by atomic mass is 10.1. The van der Waals surface area contributed by atoms with Gasteiger partial charge in [-0.1, -0.05) is 43.8 Å². The summed E-state index contributed by atoms with van der Waals surface area (Å²) in [4.78, 5) is 11.4. The molecule has 0 saturated heterocycles. The van der Waals surface area contributed by atoms with Gasteiger partial charge in [0.05, 0.1) is 6.61 Å². The van der Waals surface area contributed by atoms with Gasteiger partial charge in [0.2, 0.25) is 5.69 Å². The van der Waals surface area contributed by atoms with Crippen LogP contribution >= 0.6 is 17.9 Å². The number of nitrogens with zero attached hydrogens (tertiary/aromatic N) is 1. The number of aryl methyl sites for hydroxylation is 1. The molecule has 6 heteroatoms. The normalized spacial score (nSPS) is 14.2. The van der Waals surface area contributed by atoms with Gasteiger partial charge in [0.1, 0.15) is 0 Å². The van der Waals surface area contributed by atoms with Crippen LogP contribution in [0.3, 0.4) is 0 Å². The van der Waals surface area contributed by atoms with Crippen molar-refractivity contribution in [2.45, 2.75) is 19.8 Å². The molecule has 1 aromatic rings. The number of anilines is 1. The summed E-state index contributed by atoms with van der Waals surface area (Å²) in [5, 5.41) is 0. The maximum atomic E-state index is 9.29. The summed E-state index contributed by atoms with van der Waals surface area (Å²) in [5.74, 6) is 0. The molecule has 3 nitrogen and oxygen atoms in total. The van der Waals surface area contributed by atoms with Crippen LogP contribution in [0.5, 0.6) is 0 Å². The molecule has 0 spiro atoms. The molecule has 0 aliphatic carbocycles. The van der Waals surface area contributed by atoms with Crippen molar-refractivity contribution in [3.8, 4) is 0 Å². The fourth-order valence-electron chi connectivity index (χ4n) is 1.78. The van der Waals surface area contributed by atoms with Gasteiger partial charge < -0.3 is 14.3 Å². The molecule has 1 N–H and O–H groups in total. The van der Waals surface area contributed by atoms with Gasteiger partial charge in [-0.2, -0.15) is 0 Å². The van der Waals surface area contributed by atoms with E-state index in [2.05, 4.69) is 42.3 Å². The van der Waals surface area contributed by atoms with Crippen LogP contribution in [0.15, 0.2) is 24.3 Å². The molecule has 1 unspecified atom stereocenters. The van der Waals surface area contributed by atoms with Crippen LogP contribution in [0.2, 0.25) is 0 Å². The molecule has 0 amide bonds. The van der Waals surface area contributed by atoms with Crippen molar-refractivity contribution in [1.82, 2.24) is 0 Å². The van der Waals surface area contributed by atoms with Crippen LogP contribution in [0.25, 0.3) is 0 Å². The van der Waals surface area contributed by atoms with Crippen molar-refractivity contribution in [3.63, 3.8) is 0 Å². The van der Waals surface area contributed by atoms with E-state index >= 15 is 0 Å². The highest BCUT2D eigenvalue weighted by Gasteiger charge is 2.09. The maximum Gasteiger partial charge on any atom is 0.241 e. The number of benzene rings is 1. The molecular weight excluding hydrogens is 285 g/mol. The van der Waals surface area contributed by atoms with Crippen molar-refractivity contribution >= 4 is 35.4 Å². The zero-order valence-electron chi connectivity index (χ0n) is 10.7. The van der Waals surface area contributed by atoms with Crippen LogP contribution in [0, 0.1) is 0 Å². The Bertz CT molecular complexity index is 422. The van der Waals surface area contributed by atoms with Gasteiger partial charge in [-0.05, 0) is 29.9 Å². The van der Waals surface area contributed by atoms with Gasteiger partial charge in [-0.25, -0.2) is 0 Å². The first-order chi connectivity index (χ1) is 8.44. The Morgan fingerprint density at radius 2 is 2.11 bits per heavy atom. The van der Waals surface area contributed by atoms with Gasteiger partial charge in [0.25, 0.3) is 0 Å². The van der Waals surface area contributed by atoms with E-state index in [9.17, 15) is 4.89 Å². The Labute approximate surface area is 119 Å². The summed E-state index contributed by atoms with van der Waals surface area (Å²) in [7, 11) is 2.01. The van der Waals surface area contributed by atoms with E-state index in [0.29, 0.717) is 13.2 Å². The lowest BCUT2D eigenvalue weighted by Crippen LogP contribution is -2.23. The summed E-state index contributed by atoms with van der Waals surface area (Å²) in [6.45, 7) is 3.23. The van der Waals surface area contributed by atoms with E-state index in [-0.39, 0.29) is 0 Å². The quantitative estimate of drug-likeness (QED) is 0.598. The minimum atomic E-state index is -2.84. The second kappa shape index (κ2) is 7.51. The molecule has 0 bridgehead atoms. The highest BCUT2D eigenvalue weighted by Crippen LogP contribution is 2.46. The first-order valence-corrected chi connectivity index (χ1v) is 9.75. The van der Waals surface area contributed by atoms with Gasteiger partial charge in [0.15, 0.2) is 0 Å². The molecule has 18 heavy (non-hydrogen) atoms. The van der Waals surface area contributed by atoms with Gasteiger partial charge in [0, 0.05) is 19.3 Å². The standard InChI is InChI=1S/C12H20NO2PS2/c1-3-6-11-7-4-5-8-12(11)13(2)9-10-15-16(14,17)18/h4-5,7-8H,3,6,9-10H2,1-2H3,(H2,14,17,18). The van der Waals surface area contributed by atoms with Crippen molar-refractivity contribution in [2.24, 2.45) is 0 Å². The third kappa shape index (κ3) is 5.72. The van der Waals surface area contributed by atoms with E-state index in [0.717, 1.165) is 12.8 Å². The van der Waals surface area contributed by atoms with Crippen molar-refractivity contribution in [1.29, 1.82) is 0 Å². The minimum Gasteiger partial charge on any atom is -0.372 e. The van der Waals surface area contributed by atoms with Crippen molar-refractivity contribution < 1.29 is 9.42 Å². The molecule has 0 saturated carbocycles. The summed E-state index contributed by atoms with van der Waals surface area (Å²) < 4.78 is 5.13. The number of para-hydroxylation sites is 1. The third-order valence-electron chi connectivity index (χ3n) is 2.61. The molecule has 0 aliphatic heterocycles. The molecule has 0 aliphatic rings. The number of thiol groups is 1. The van der Waals surface area contributed by atoms with E-state index in [1.54, 1.807) is 0 Å². The fraction of sp³-hybridized carbons (Fsp3) is 0.500. The van der Waals surface area contributed by atoms with E-state index in [4.69, 9.17) is 16.3 Å². The second-order valence-electron chi connectivity index (χ2n) is 4.12. The molecule has 102 valence electrons. The Kier molecular flexibility index (Phi) is 6.67. The highest BCUT2D eigenvalue weighted by atomic mass is 32.9. The smallest absolute Gasteiger partial charge is 0.241 e. The monoisotopic (exact) mass is 305 g/mol. The van der Waals surface area contributed by atoms with Crippen LogP contribution < -0.4 is 4.90 Å². The Balaban J connectivity index is 2.60. The number of hydrogen-bond acceptors (Lipinski definition) is 3. The zero-order chi connectivity index (χ0) is 13.6. The summed E-state index contributed by atoms with van der Waals surface area (Å²) in [6, 6.07) is 8.33. The van der Waals surface area contributed by atoms with Crippen molar-refractivity contribution in [3.05, 3.63) is 29.8 Å². The Hall–Kier alpha value is -0.0600. The molecule has 1 aromatic carbocycles. The topological polar surface area (TPSA) is 32.7 Å². The van der Waals surface area contributed by atoms with E-state index < -0.39 is 5.69 Å². The van der Waals surface area contributed by atoms with E-state index in [1.165, 1.54) is 11.3 Å². The fourth-order valence-corrected chi connectivity index (χ4v) is 2.57. The highest BCUT2D eigenvalue weighted by molar-refractivity contribution is 8.59. The molecular formula is C12H20NO2PS2.